The van der Waals surface area contributed by atoms with Crippen LogP contribution in [0.5, 0.6) is 0 Å². The summed E-state index contributed by atoms with van der Waals surface area (Å²) in [7, 11) is 1.73. The van der Waals surface area contributed by atoms with Crippen molar-refractivity contribution in [2.45, 2.75) is 18.6 Å². The van der Waals surface area contributed by atoms with Gasteiger partial charge in [-0.05, 0) is 6.42 Å². The number of nitrogens with one attached hydrogen (secondary N) is 1. The molecular weight excluding hydrogens is 187 g/mol. The fraction of sp³-hybridized carbons (Fsp3) is 1.00. The maximum atomic E-state index is 5.66. The Hall–Kier alpha value is 0.460. The molecule has 2 unspecified atom stereocenters. The highest BCUT2D eigenvalue weighted by atomic mass is 35.5. The van der Waals surface area contributed by atoms with Gasteiger partial charge in [0.2, 0.25) is 0 Å². The summed E-state index contributed by atoms with van der Waals surface area (Å²) in [4.78, 5) is 0. The third-order valence-corrected chi connectivity index (χ3v) is 1.68. The molecule has 0 aromatic rings. The van der Waals surface area contributed by atoms with Gasteiger partial charge >= 0.3 is 0 Å². The molecule has 0 aliphatic carbocycles. The standard InChI is InChI=1S/C6H14N2O.2ClH/c1-9-6-2-5(7)3-8-4-6;;/h5-6,8H,2-4,7H2,1H3;2*1H. The van der Waals surface area contributed by atoms with Gasteiger partial charge in [-0.2, -0.15) is 0 Å². The average Bonchev–Trinajstić information content (AvgIpc) is 1.88. The lowest BCUT2D eigenvalue weighted by Crippen LogP contribution is -2.47. The monoisotopic (exact) mass is 202 g/mol. The lowest BCUT2D eigenvalue weighted by atomic mass is 10.1. The first-order chi connectivity index (χ1) is 4.33. The summed E-state index contributed by atoms with van der Waals surface area (Å²) < 4.78 is 5.12. The lowest BCUT2D eigenvalue weighted by molar-refractivity contribution is 0.0747. The van der Waals surface area contributed by atoms with Crippen LogP contribution in [-0.2, 0) is 4.74 Å². The highest BCUT2D eigenvalue weighted by Gasteiger charge is 2.17. The van der Waals surface area contributed by atoms with Crippen LogP contribution in [-0.4, -0.2) is 32.3 Å². The Kier molecular flexibility index (Phi) is 9.08. The largest absolute Gasteiger partial charge is 0.380 e. The molecule has 1 fully saturated rings. The molecular formula is C6H16Cl2N2O. The molecule has 0 amide bonds. The number of rotatable bonds is 1. The minimum absolute atomic E-state index is 0. The third kappa shape index (κ3) is 4.82. The number of halogens is 2. The molecule has 0 aromatic heterocycles. The minimum Gasteiger partial charge on any atom is -0.380 e. The van der Waals surface area contributed by atoms with E-state index in [9.17, 15) is 0 Å². The number of hydrogen-bond acceptors (Lipinski definition) is 3. The van der Waals surface area contributed by atoms with Gasteiger partial charge in [-0.25, -0.2) is 0 Å². The molecule has 0 radical (unpaired) electrons. The zero-order valence-electron chi connectivity index (χ0n) is 6.58. The van der Waals surface area contributed by atoms with Gasteiger partial charge < -0.3 is 15.8 Å². The van der Waals surface area contributed by atoms with Crippen LogP contribution in [0.1, 0.15) is 6.42 Å². The van der Waals surface area contributed by atoms with Crippen LogP contribution in [0, 0.1) is 0 Å². The molecule has 3 nitrogen and oxygen atoms in total. The second-order valence-electron chi connectivity index (χ2n) is 2.51. The zero-order chi connectivity index (χ0) is 6.69. The van der Waals surface area contributed by atoms with Crippen molar-refractivity contribution >= 4 is 24.8 Å². The van der Waals surface area contributed by atoms with Crippen LogP contribution in [0.3, 0.4) is 0 Å². The van der Waals surface area contributed by atoms with Crippen LogP contribution < -0.4 is 11.1 Å². The third-order valence-electron chi connectivity index (χ3n) is 1.68. The number of hydrogen-bond donors (Lipinski definition) is 2. The summed E-state index contributed by atoms with van der Waals surface area (Å²) in [5.74, 6) is 0. The van der Waals surface area contributed by atoms with Gasteiger partial charge in [0.05, 0.1) is 6.10 Å². The average molecular weight is 203 g/mol. The SMILES string of the molecule is COC1CNCC(N)C1.Cl.Cl. The second-order valence-corrected chi connectivity index (χ2v) is 2.51. The topological polar surface area (TPSA) is 47.3 Å². The molecule has 0 spiro atoms. The molecule has 0 bridgehead atoms. The van der Waals surface area contributed by atoms with Crippen molar-refractivity contribution in [1.82, 2.24) is 5.32 Å². The summed E-state index contributed by atoms with van der Waals surface area (Å²) in [6.45, 7) is 1.88. The van der Waals surface area contributed by atoms with Crippen molar-refractivity contribution in [2.24, 2.45) is 5.73 Å². The van der Waals surface area contributed by atoms with Crippen molar-refractivity contribution < 1.29 is 4.74 Å². The maximum Gasteiger partial charge on any atom is 0.0710 e. The van der Waals surface area contributed by atoms with Crippen LogP contribution in [0.15, 0.2) is 0 Å². The zero-order valence-corrected chi connectivity index (χ0v) is 8.21. The van der Waals surface area contributed by atoms with Gasteiger partial charge in [-0.15, -0.1) is 24.8 Å². The summed E-state index contributed by atoms with van der Waals surface area (Å²) in [5, 5.41) is 3.19. The molecule has 5 heteroatoms. The first kappa shape index (κ1) is 14.0. The fourth-order valence-corrected chi connectivity index (χ4v) is 1.11. The Morgan fingerprint density at radius 1 is 1.36 bits per heavy atom. The highest BCUT2D eigenvalue weighted by molar-refractivity contribution is 5.85. The number of ether oxygens (including phenoxy) is 1. The van der Waals surface area contributed by atoms with E-state index in [0.717, 1.165) is 19.5 Å². The Labute approximate surface area is 79.9 Å². The van der Waals surface area contributed by atoms with E-state index in [0.29, 0.717) is 6.10 Å². The summed E-state index contributed by atoms with van der Waals surface area (Å²) >= 11 is 0. The molecule has 11 heavy (non-hydrogen) atoms. The van der Waals surface area contributed by atoms with Gasteiger partial charge in [0, 0.05) is 26.2 Å². The van der Waals surface area contributed by atoms with E-state index in [1.165, 1.54) is 0 Å². The molecule has 1 aliphatic rings. The molecule has 1 heterocycles. The van der Waals surface area contributed by atoms with E-state index in [2.05, 4.69) is 5.32 Å². The molecule has 1 saturated heterocycles. The summed E-state index contributed by atoms with van der Waals surface area (Å²) in [6, 6.07) is 0.281. The first-order valence-electron chi connectivity index (χ1n) is 3.32. The van der Waals surface area contributed by atoms with E-state index in [1.807, 2.05) is 0 Å². The Bertz CT molecular complexity index is 94.7. The summed E-state index contributed by atoms with van der Waals surface area (Å²) in [5.41, 5.74) is 5.66. The second kappa shape index (κ2) is 7.13. The normalized spacial score (nSPS) is 30.0. The Morgan fingerprint density at radius 2 is 2.00 bits per heavy atom. The smallest absolute Gasteiger partial charge is 0.0710 e. The van der Waals surface area contributed by atoms with Crippen molar-refractivity contribution in [3.63, 3.8) is 0 Å². The Balaban J connectivity index is 0. The predicted molar refractivity (Wildman–Crippen MR) is 50.8 cm³/mol. The molecule has 70 valence electrons. The van der Waals surface area contributed by atoms with E-state index in [4.69, 9.17) is 10.5 Å². The minimum atomic E-state index is 0. The van der Waals surface area contributed by atoms with Gasteiger partial charge in [0.1, 0.15) is 0 Å². The molecule has 1 aliphatic heterocycles. The van der Waals surface area contributed by atoms with Crippen LogP contribution >= 0.6 is 24.8 Å². The first-order valence-corrected chi connectivity index (χ1v) is 3.32. The van der Waals surface area contributed by atoms with E-state index in [1.54, 1.807) is 7.11 Å². The van der Waals surface area contributed by atoms with Crippen molar-refractivity contribution in [3.05, 3.63) is 0 Å². The van der Waals surface area contributed by atoms with Gasteiger partial charge in [-0.3, -0.25) is 0 Å². The quantitative estimate of drug-likeness (QED) is 0.638. The number of methoxy groups -OCH3 is 1. The number of nitrogens with two attached hydrogens (primary N) is 1. The van der Waals surface area contributed by atoms with Gasteiger partial charge in [0.25, 0.3) is 0 Å². The van der Waals surface area contributed by atoms with Crippen molar-refractivity contribution in [3.8, 4) is 0 Å². The van der Waals surface area contributed by atoms with Crippen LogP contribution in [0.2, 0.25) is 0 Å². The predicted octanol–water partition coefficient (Wildman–Crippen LogP) is 0.166. The molecule has 2 atom stereocenters. The van der Waals surface area contributed by atoms with Crippen LogP contribution in [0.4, 0.5) is 0 Å². The maximum absolute atomic E-state index is 5.66. The van der Waals surface area contributed by atoms with Crippen molar-refractivity contribution in [1.29, 1.82) is 0 Å². The van der Waals surface area contributed by atoms with E-state index >= 15 is 0 Å². The molecule has 0 saturated carbocycles. The highest BCUT2D eigenvalue weighted by Crippen LogP contribution is 2.02. The summed E-state index contributed by atoms with van der Waals surface area (Å²) in [6.07, 6.45) is 1.32. The lowest BCUT2D eigenvalue weighted by Gasteiger charge is -2.26. The van der Waals surface area contributed by atoms with Crippen molar-refractivity contribution in [2.75, 3.05) is 20.2 Å². The fourth-order valence-electron chi connectivity index (χ4n) is 1.11. The van der Waals surface area contributed by atoms with E-state index in [-0.39, 0.29) is 30.9 Å². The van der Waals surface area contributed by atoms with Crippen LogP contribution in [0.25, 0.3) is 0 Å². The van der Waals surface area contributed by atoms with E-state index < -0.39 is 0 Å². The molecule has 1 rings (SSSR count). The Morgan fingerprint density at radius 3 is 2.36 bits per heavy atom. The van der Waals surface area contributed by atoms with Gasteiger partial charge in [0.15, 0.2) is 0 Å². The molecule has 3 N–H and O–H groups in total. The van der Waals surface area contributed by atoms with Gasteiger partial charge in [-0.1, -0.05) is 0 Å². The number of piperidine rings is 1. The molecule has 0 aromatic carbocycles.